The van der Waals surface area contributed by atoms with Gasteiger partial charge in [0, 0.05) is 43.0 Å². The van der Waals surface area contributed by atoms with E-state index in [1.807, 2.05) is 33.9 Å². The molecule has 1 fully saturated rings. The van der Waals surface area contributed by atoms with Crippen LogP contribution in [0.3, 0.4) is 0 Å². The highest BCUT2D eigenvalue weighted by molar-refractivity contribution is 7.92. The number of carbonyl (C=O) groups is 2. The van der Waals surface area contributed by atoms with E-state index >= 15 is 0 Å². The van der Waals surface area contributed by atoms with Crippen molar-refractivity contribution in [2.24, 2.45) is 0 Å². The van der Waals surface area contributed by atoms with Crippen molar-refractivity contribution in [3.8, 4) is 0 Å². The van der Waals surface area contributed by atoms with Crippen molar-refractivity contribution in [2.75, 3.05) is 42.6 Å². The van der Waals surface area contributed by atoms with Crippen LogP contribution in [0.1, 0.15) is 54.8 Å². The molecule has 0 aliphatic carbocycles. The molecule has 3 aromatic rings. The molecule has 15 heteroatoms. The van der Waals surface area contributed by atoms with Gasteiger partial charge in [-0.05, 0) is 52.3 Å². The summed E-state index contributed by atoms with van der Waals surface area (Å²) in [7, 11) is -2.18. The number of aryl methyl sites for hydroxylation is 1. The molecular formula is C27H36ClN7O6S. The number of aliphatic hydroxyl groups is 1. The number of halogens is 1. The topological polar surface area (TPSA) is 158 Å². The molecular weight excluding hydrogens is 586 g/mol. The summed E-state index contributed by atoms with van der Waals surface area (Å²) in [5, 5.41) is 18.0. The van der Waals surface area contributed by atoms with Crippen molar-refractivity contribution in [2.45, 2.75) is 51.8 Å². The number of benzene rings is 1. The van der Waals surface area contributed by atoms with Crippen LogP contribution in [0.15, 0.2) is 30.5 Å². The maximum absolute atomic E-state index is 13.5. The second kappa shape index (κ2) is 11.9. The number of sulfonamides is 1. The molecule has 1 aromatic carbocycles. The molecule has 1 aliphatic heterocycles. The zero-order valence-electron chi connectivity index (χ0n) is 24.4. The van der Waals surface area contributed by atoms with Crippen molar-refractivity contribution in [3.05, 3.63) is 52.3 Å². The standard InChI is InChI=1S/C27H36ClN7O6S/c1-16-13-35-23(30-24(16)34-10-9-18(14-34)29-26(38)41-27(2,3)4)12-21(31-35)22(15-36)33(5)25(37)19-11-17(28)7-8-20(19)32-42(6,39)40/h7-8,11-13,18,22,32,36H,9-10,14-15H2,1-6H3,(H,29,38)/t18-,22-/m0/s1. The molecule has 3 heterocycles. The van der Waals surface area contributed by atoms with Crippen molar-refractivity contribution in [1.29, 1.82) is 0 Å². The molecule has 2 atom stereocenters. The van der Waals surface area contributed by atoms with E-state index in [4.69, 9.17) is 21.3 Å². The normalized spacial score (nSPS) is 16.4. The van der Waals surface area contributed by atoms with Gasteiger partial charge >= 0.3 is 6.09 Å². The van der Waals surface area contributed by atoms with Gasteiger partial charge in [0.05, 0.1) is 41.9 Å². The predicted molar refractivity (Wildman–Crippen MR) is 160 cm³/mol. The third-order valence-corrected chi connectivity index (χ3v) is 7.47. The number of alkyl carbamates (subject to hydrolysis) is 1. The first kappa shape index (κ1) is 31.3. The minimum Gasteiger partial charge on any atom is -0.444 e. The lowest BCUT2D eigenvalue weighted by atomic mass is 10.1. The fraction of sp³-hybridized carbons (Fsp3) is 0.481. The summed E-state index contributed by atoms with van der Waals surface area (Å²) in [5.74, 6) is 0.174. The van der Waals surface area contributed by atoms with E-state index in [9.17, 15) is 23.1 Å². The lowest BCUT2D eigenvalue weighted by Gasteiger charge is -2.26. The predicted octanol–water partition coefficient (Wildman–Crippen LogP) is 2.97. The van der Waals surface area contributed by atoms with E-state index in [1.165, 1.54) is 30.1 Å². The highest BCUT2D eigenvalue weighted by Crippen LogP contribution is 2.28. The van der Waals surface area contributed by atoms with Crippen molar-refractivity contribution in [3.63, 3.8) is 0 Å². The van der Waals surface area contributed by atoms with E-state index in [2.05, 4.69) is 20.0 Å². The monoisotopic (exact) mass is 621 g/mol. The van der Waals surface area contributed by atoms with Gasteiger partial charge in [-0.25, -0.2) is 22.7 Å². The number of fused-ring (bicyclic) bond motifs is 1. The SMILES string of the molecule is Cc1cn2nc([C@H](CO)N(C)C(=O)c3cc(Cl)ccc3NS(C)(=O)=O)cc2nc1N1CC[C@H](NC(=O)OC(C)(C)C)C1. The molecule has 42 heavy (non-hydrogen) atoms. The average molecular weight is 622 g/mol. The molecule has 0 saturated carbocycles. The molecule has 1 saturated heterocycles. The maximum Gasteiger partial charge on any atom is 0.407 e. The van der Waals surface area contributed by atoms with Gasteiger partial charge in [-0.1, -0.05) is 11.6 Å². The summed E-state index contributed by atoms with van der Waals surface area (Å²) in [6.07, 6.45) is 3.07. The summed E-state index contributed by atoms with van der Waals surface area (Å²) < 4.78 is 33.0. The number of rotatable bonds is 8. The van der Waals surface area contributed by atoms with Crippen LogP contribution in [0.2, 0.25) is 5.02 Å². The first-order chi connectivity index (χ1) is 19.5. The van der Waals surface area contributed by atoms with Gasteiger partial charge in [0.25, 0.3) is 5.91 Å². The molecule has 228 valence electrons. The van der Waals surface area contributed by atoms with Crippen LogP contribution in [0.25, 0.3) is 5.65 Å². The third-order valence-electron chi connectivity index (χ3n) is 6.64. The van der Waals surface area contributed by atoms with Gasteiger partial charge in [-0.3, -0.25) is 9.52 Å². The van der Waals surface area contributed by atoms with Crippen LogP contribution in [0, 0.1) is 6.92 Å². The number of hydrogen-bond acceptors (Lipinski definition) is 9. The van der Waals surface area contributed by atoms with E-state index < -0.39 is 40.3 Å². The van der Waals surface area contributed by atoms with Gasteiger partial charge in [-0.2, -0.15) is 5.10 Å². The highest BCUT2D eigenvalue weighted by atomic mass is 35.5. The Hall–Kier alpha value is -3.62. The summed E-state index contributed by atoms with van der Waals surface area (Å²) in [5.41, 5.74) is 1.27. The Morgan fingerprint density at radius 3 is 2.64 bits per heavy atom. The highest BCUT2D eigenvalue weighted by Gasteiger charge is 2.30. The van der Waals surface area contributed by atoms with Crippen molar-refractivity contribution >= 4 is 50.8 Å². The smallest absolute Gasteiger partial charge is 0.407 e. The Labute approximate surface area is 249 Å². The molecule has 4 rings (SSSR count). The first-order valence-corrected chi connectivity index (χ1v) is 15.6. The number of carbonyl (C=O) groups excluding carboxylic acids is 2. The number of amides is 2. The zero-order valence-corrected chi connectivity index (χ0v) is 26.0. The van der Waals surface area contributed by atoms with Gasteiger partial charge in [-0.15, -0.1) is 0 Å². The Morgan fingerprint density at radius 1 is 1.29 bits per heavy atom. The molecule has 2 aromatic heterocycles. The number of anilines is 2. The number of aromatic nitrogens is 3. The van der Waals surface area contributed by atoms with Crippen molar-refractivity contribution < 1.29 is 27.9 Å². The van der Waals surface area contributed by atoms with Crippen LogP contribution < -0.4 is 14.9 Å². The molecule has 0 spiro atoms. The van der Waals surface area contributed by atoms with Crippen LogP contribution >= 0.6 is 11.6 Å². The summed E-state index contributed by atoms with van der Waals surface area (Å²) in [6, 6.07) is 4.98. The maximum atomic E-state index is 13.5. The average Bonchev–Trinajstić information content (AvgIpc) is 3.49. The number of nitrogens with zero attached hydrogens (tertiary/aromatic N) is 5. The number of nitrogens with one attached hydrogen (secondary N) is 2. The Morgan fingerprint density at radius 2 is 2.00 bits per heavy atom. The fourth-order valence-corrected chi connectivity index (χ4v) is 5.52. The molecule has 0 radical (unpaired) electrons. The van der Waals surface area contributed by atoms with E-state index in [0.717, 1.165) is 24.1 Å². The van der Waals surface area contributed by atoms with Crippen LogP contribution in [-0.2, 0) is 14.8 Å². The molecule has 13 nitrogen and oxygen atoms in total. The van der Waals surface area contributed by atoms with Gasteiger partial charge in [0.2, 0.25) is 10.0 Å². The summed E-state index contributed by atoms with van der Waals surface area (Å²) in [4.78, 5) is 33.9. The molecule has 3 N–H and O–H groups in total. The minimum atomic E-state index is -3.67. The van der Waals surface area contributed by atoms with Crippen LogP contribution in [-0.4, -0.2) is 89.7 Å². The number of likely N-dealkylation sites (N-methyl/N-ethyl adjacent to an activating group) is 1. The molecule has 0 bridgehead atoms. The second-order valence-corrected chi connectivity index (χ2v) is 13.6. The molecule has 0 unspecified atom stereocenters. The lowest BCUT2D eigenvalue weighted by Crippen LogP contribution is -2.40. The van der Waals surface area contributed by atoms with Gasteiger partial charge in [0.15, 0.2) is 5.65 Å². The number of aliphatic hydroxyl groups excluding tert-OH is 1. The first-order valence-electron chi connectivity index (χ1n) is 13.3. The number of ether oxygens (including phenoxy) is 1. The minimum absolute atomic E-state index is 0.0254. The summed E-state index contributed by atoms with van der Waals surface area (Å²) >= 11 is 6.11. The van der Waals surface area contributed by atoms with Crippen LogP contribution in [0.5, 0.6) is 0 Å². The lowest BCUT2D eigenvalue weighted by molar-refractivity contribution is 0.0508. The Bertz CT molecular complexity index is 1600. The third kappa shape index (κ3) is 7.41. The Kier molecular flexibility index (Phi) is 8.90. The van der Waals surface area contributed by atoms with Gasteiger partial charge < -0.3 is 25.0 Å². The molecule has 2 amide bonds. The summed E-state index contributed by atoms with van der Waals surface area (Å²) in [6.45, 7) is 8.15. The number of hydrogen-bond donors (Lipinski definition) is 3. The van der Waals surface area contributed by atoms with E-state index in [1.54, 1.807) is 10.6 Å². The van der Waals surface area contributed by atoms with Crippen molar-refractivity contribution in [1.82, 2.24) is 24.8 Å². The largest absolute Gasteiger partial charge is 0.444 e. The van der Waals surface area contributed by atoms with E-state index in [-0.39, 0.29) is 22.3 Å². The quantitative estimate of drug-likeness (QED) is 0.344. The Balaban J connectivity index is 1.55. The van der Waals surface area contributed by atoms with E-state index in [0.29, 0.717) is 24.4 Å². The van der Waals surface area contributed by atoms with Crippen LogP contribution in [0.4, 0.5) is 16.3 Å². The van der Waals surface area contributed by atoms with Gasteiger partial charge in [0.1, 0.15) is 11.4 Å². The fourth-order valence-electron chi connectivity index (χ4n) is 4.77. The molecule has 1 aliphatic rings. The second-order valence-electron chi connectivity index (χ2n) is 11.4. The zero-order chi connectivity index (χ0) is 31.0.